The van der Waals surface area contributed by atoms with E-state index in [-0.39, 0.29) is 11.2 Å². The van der Waals surface area contributed by atoms with Crippen LogP contribution < -0.4 is 0 Å². The number of hydrogen-bond donors (Lipinski definition) is 0. The summed E-state index contributed by atoms with van der Waals surface area (Å²) in [5, 5.41) is 0.516. The molecule has 6 aliphatic carbocycles. The summed E-state index contributed by atoms with van der Waals surface area (Å²) in [6, 6.07) is 0. The van der Waals surface area contributed by atoms with Gasteiger partial charge in [0, 0.05) is 24.1 Å². The van der Waals surface area contributed by atoms with E-state index in [9.17, 15) is 0 Å². The van der Waals surface area contributed by atoms with Crippen LogP contribution in [0.1, 0.15) is 64.2 Å². The Kier molecular flexibility index (Phi) is 2.40. The van der Waals surface area contributed by atoms with Crippen LogP contribution in [0.2, 0.25) is 0 Å². The highest BCUT2D eigenvalue weighted by Gasteiger charge is 2.79. The average molecular weight is 345 g/mol. The standard InChI is InChI=1S/C21H28O2S/c24-19-22-20(9-13-3-1-11-5-7-15(20)17(11)13)21(23-19)10-14-4-2-12-6-8-16(21)18(12)14/h11-18H,1-10H2/t11-,12+,13-,14-,15-,16+,17+,18+,20-,21-/m0/s1. The van der Waals surface area contributed by atoms with E-state index in [0.717, 1.165) is 47.3 Å². The Morgan fingerprint density at radius 1 is 0.625 bits per heavy atom. The maximum Gasteiger partial charge on any atom is 0.353 e. The van der Waals surface area contributed by atoms with Gasteiger partial charge >= 0.3 is 5.24 Å². The van der Waals surface area contributed by atoms with Crippen molar-refractivity contribution in [1.82, 2.24) is 0 Å². The fourth-order valence-corrected chi connectivity index (χ4v) is 10.2. The van der Waals surface area contributed by atoms with Crippen LogP contribution in [-0.4, -0.2) is 16.4 Å². The van der Waals surface area contributed by atoms with Gasteiger partial charge in [-0.2, -0.15) is 0 Å². The lowest BCUT2D eigenvalue weighted by Gasteiger charge is -2.44. The van der Waals surface area contributed by atoms with E-state index in [1.54, 1.807) is 0 Å². The zero-order valence-electron chi connectivity index (χ0n) is 14.4. The predicted molar refractivity (Wildman–Crippen MR) is 94.3 cm³/mol. The smallest absolute Gasteiger partial charge is 0.353 e. The van der Waals surface area contributed by atoms with Gasteiger partial charge in [0.1, 0.15) is 0 Å². The Hall–Kier alpha value is -0.310. The van der Waals surface area contributed by atoms with E-state index in [1.165, 1.54) is 64.2 Å². The minimum atomic E-state index is -0.0293. The minimum Gasteiger partial charge on any atom is -0.446 e. The Morgan fingerprint density at radius 3 is 1.54 bits per heavy atom. The van der Waals surface area contributed by atoms with Crippen LogP contribution in [-0.2, 0) is 9.47 Å². The van der Waals surface area contributed by atoms with E-state index < -0.39 is 0 Å². The fraction of sp³-hybridized carbons (Fsp3) is 0.952. The van der Waals surface area contributed by atoms with Crippen molar-refractivity contribution in [3.8, 4) is 0 Å². The summed E-state index contributed by atoms with van der Waals surface area (Å²) in [7, 11) is 0. The first-order valence-corrected chi connectivity index (χ1v) is 11.0. The Bertz CT molecular complexity index is 581. The topological polar surface area (TPSA) is 18.5 Å². The van der Waals surface area contributed by atoms with Gasteiger partial charge in [0.2, 0.25) is 0 Å². The second kappa shape index (κ2) is 4.15. The highest BCUT2D eigenvalue weighted by molar-refractivity contribution is 7.79. The zero-order valence-corrected chi connectivity index (χ0v) is 15.2. The molecule has 130 valence electrons. The van der Waals surface area contributed by atoms with E-state index in [2.05, 4.69) is 0 Å². The lowest BCUT2D eigenvalue weighted by atomic mass is 9.67. The summed E-state index contributed by atoms with van der Waals surface area (Å²) < 4.78 is 13.3. The molecule has 3 heteroatoms. The summed E-state index contributed by atoms with van der Waals surface area (Å²) in [5.41, 5.74) is -0.0586. The molecule has 1 aliphatic heterocycles. The van der Waals surface area contributed by atoms with Crippen molar-refractivity contribution in [2.75, 3.05) is 0 Å². The summed E-state index contributed by atoms with van der Waals surface area (Å²) in [4.78, 5) is 0. The first-order valence-electron chi connectivity index (χ1n) is 10.6. The molecule has 1 heterocycles. The second-order valence-electron chi connectivity index (χ2n) is 10.4. The molecule has 6 saturated carbocycles. The van der Waals surface area contributed by atoms with Gasteiger partial charge in [0.05, 0.1) is 0 Å². The molecular formula is C21H28O2S. The summed E-state index contributed by atoms with van der Waals surface area (Å²) in [6.07, 6.45) is 14.0. The van der Waals surface area contributed by atoms with Gasteiger partial charge in [-0.25, -0.2) is 0 Å². The number of hydrogen-bond acceptors (Lipinski definition) is 3. The van der Waals surface area contributed by atoms with Crippen LogP contribution in [0.4, 0.5) is 0 Å². The van der Waals surface area contributed by atoms with Gasteiger partial charge in [-0.15, -0.1) is 0 Å². The van der Waals surface area contributed by atoms with Gasteiger partial charge in [-0.05, 0) is 99.7 Å². The van der Waals surface area contributed by atoms with E-state index in [4.69, 9.17) is 21.7 Å². The van der Waals surface area contributed by atoms with Crippen molar-refractivity contribution in [2.24, 2.45) is 47.3 Å². The van der Waals surface area contributed by atoms with E-state index >= 15 is 0 Å². The predicted octanol–water partition coefficient (Wildman–Crippen LogP) is 4.71. The van der Waals surface area contributed by atoms with Gasteiger partial charge in [0.15, 0.2) is 11.2 Å². The van der Waals surface area contributed by atoms with Crippen molar-refractivity contribution >= 4 is 17.5 Å². The lowest BCUT2D eigenvalue weighted by Crippen LogP contribution is -2.57. The molecule has 0 amide bonds. The van der Waals surface area contributed by atoms with Crippen LogP contribution in [0.3, 0.4) is 0 Å². The summed E-state index contributed by atoms with van der Waals surface area (Å²) in [5.74, 6) is 7.15. The van der Waals surface area contributed by atoms with Gasteiger partial charge in [-0.3, -0.25) is 0 Å². The van der Waals surface area contributed by atoms with Crippen LogP contribution in [0.15, 0.2) is 0 Å². The lowest BCUT2D eigenvalue weighted by molar-refractivity contribution is -0.106. The quantitative estimate of drug-likeness (QED) is 0.593. The largest absolute Gasteiger partial charge is 0.446 e. The van der Waals surface area contributed by atoms with Crippen LogP contribution in [0, 0.1) is 47.3 Å². The maximum absolute atomic E-state index is 6.64. The third-order valence-electron chi connectivity index (χ3n) is 10.2. The van der Waals surface area contributed by atoms with Crippen LogP contribution in [0.5, 0.6) is 0 Å². The fourth-order valence-electron chi connectivity index (χ4n) is 9.90. The molecule has 0 aromatic rings. The molecule has 0 aromatic carbocycles. The minimum absolute atomic E-state index is 0.0293. The molecule has 1 saturated heterocycles. The highest BCUT2D eigenvalue weighted by atomic mass is 32.1. The molecule has 0 bridgehead atoms. The summed E-state index contributed by atoms with van der Waals surface area (Å²) >= 11 is 5.59. The Labute approximate surface area is 150 Å². The molecule has 24 heavy (non-hydrogen) atoms. The monoisotopic (exact) mass is 344 g/mol. The molecule has 2 nitrogen and oxygen atoms in total. The van der Waals surface area contributed by atoms with Crippen molar-refractivity contribution < 1.29 is 9.47 Å². The van der Waals surface area contributed by atoms with Crippen molar-refractivity contribution in [3.63, 3.8) is 0 Å². The molecule has 7 aliphatic rings. The maximum atomic E-state index is 6.64. The zero-order chi connectivity index (χ0) is 15.7. The van der Waals surface area contributed by atoms with E-state index in [1.807, 2.05) is 0 Å². The number of rotatable bonds is 0. The average Bonchev–Trinajstić information content (AvgIpc) is 3.32. The molecule has 10 atom stereocenters. The van der Waals surface area contributed by atoms with Gasteiger partial charge in [0.25, 0.3) is 0 Å². The number of ether oxygens (including phenoxy) is 2. The molecule has 0 N–H and O–H groups in total. The van der Waals surface area contributed by atoms with E-state index in [0.29, 0.717) is 5.24 Å². The molecule has 0 unspecified atom stereocenters. The van der Waals surface area contributed by atoms with Crippen molar-refractivity contribution in [1.29, 1.82) is 0 Å². The Balaban J connectivity index is 1.38. The highest BCUT2D eigenvalue weighted by Crippen LogP contribution is 2.74. The number of thiocarbonyl (C=S) groups is 1. The molecule has 0 radical (unpaired) electrons. The molecule has 7 rings (SSSR count). The first-order chi connectivity index (χ1) is 11.7. The molecule has 2 spiro atoms. The van der Waals surface area contributed by atoms with Crippen LogP contribution in [0.25, 0.3) is 0 Å². The third kappa shape index (κ3) is 1.29. The third-order valence-corrected chi connectivity index (χ3v) is 10.4. The normalized spacial score (nSPS) is 64.9. The number of fused-ring (bicyclic) bond motifs is 3. The van der Waals surface area contributed by atoms with Crippen molar-refractivity contribution in [3.05, 3.63) is 0 Å². The summed E-state index contributed by atoms with van der Waals surface area (Å²) in [6.45, 7) is 0. The second-order valence-corrected chi connectivity index (χ2v) is 10.7. The first kappa shape index (κ1) is 13.8. The van der Waals surface area contributed by atoms with Crippen molar-refractivity contribution in [2.45, 2.75) is 75.4 Å². The van der Waals surface area contributed by atoms with Gasteiger partial charge in [-0.1, -0.05) is 0 Å². The van der Waals surface area contributed by atoms with Crippen LogP contribution >= 0.6 is 12.2 Å². The Morgan fingerprint density at radius 2 is 1.04 bits per heavy atom. The molecular weight excluding hydrogens is 316 g/mol. The molecule has 7 fully saturated rings. The van der Waals surface area contributed by atoms with Gasteiger partial charge < -0.3 is 9.47 Å². The SMILES string of the molecule is S=C1O[C@]2(C[C@@H]3CC[C@@H]4CC[C@@H]2[C@H]43)[C@@]2(C[C@@H]3CC[C@H]4CC[C@H]2[C@H]43)O1. The molecule has 0 aromatic heterocycles.